The molecule has 1 saturated heterocycles. The molecule has 0 spiro atoms. The third kappa shape index (κ3) is 1.43. The maximum absolute atomic E-state index is 4.60. The van der Waals surface area contributed by atoms with Crippen molar-refractivity contribution in [3.8, 4) is 0 Å². The van der Waals surface area contributed by atoms with Gasteiger partial charge in [-0.15, -0.1) is 0 Å². The number of aromatic nitrogens is 2. The fraction of sp³-hybridized carbons (Fsp3) is 0.417. The van der Waals surface area contributed by atoms with Crippen molar-refractivity contribution < 1.29 is 0 Å². The van der Waals surface area contributed by atoms with E-state index in [1.807, 2.05) is 11.7 Å². The van der Waals surface area contributed by atoms with E-state index in [9.17, 15) is 0 Å². The molecule has 3 nitrogen and oxygen atoms in total. The molecular weight excluding hydrogens is 186 g/mol. The third-order valence-corrected chi connectivity index (χ3v) is 3.18. The Kier molecular flexibility index (Phi) is 1.99. The van der Waals surface area contributed by atoms with Gasteiger partial charge in [-0.3, -0.25) is 4.68 Å². The monoisotopic (exact) mass is 201 g/mol. The molecule has 0 saturated carbocycles. The number of hydrogen-bond donors (Lipinski definition) is 1. The van der Waals surface area contributed by atoms with Crippen LogP contribution in [0.25, 0.3) is 10.9 Å². The first kappa shape index (κ1) is 8.92. The number of nitrogens with zero attached hydrogens (tertiary/aromatic N) is 2. The van der Waals surface area contributed by atoms with E-state index in [2.05, 4.69) is 34.7 Å². The number of fused-ring (bicyclic) bond motifs is 1. The number of para-hydroxylation sites is 1. The Morgan fingerprint density at radius 3 is 2.93 bits per heavy atom. The molecular formula is C12H15N3. The average Bonchev–Trinajstić information content (AvgIpc) is 2.51. The van der Waals surface area contributed by atoms with Gasteiger partial charge in [0, 0.05) is 12.4 Å². The summed E-state index contributed by atoms with van der Waals surface area (Å²) in [5.74, 6) is 0.781. The fourth-order valence-electron chi connectivity index (χ4n) is 2.21. The Hall–Kier alpha value is -1.35. The zero-order chi connectivity index (χ0) is 10.3. The van der Waals surface area contributed by atoms with Crippen molar-refractivity contribution in [2.24, 2.45) is 13.0 Å². The molecule has 1 aliphatic heterocycles. The molecule has 78 valence electrons. The lowest BCUT2D eigenvalue weighted by molar-refractivity contribution is 0.344. The summed E-state index contributed by atoms with van der Waals surface area (Å²) in [7, 11) is 2.02. The smallest absolute Gasteiger partial charge is 0.0707 e. The van der Waals surface area contributed by atoms with Crippen LogP contribution in [0, 0.1) is 5.92 Å². The molecule has 1 N–H and O–H groups in total. The molecule has 1 aromatic carbocycles. The number of rotatable bonds is 2. The van der Waals surface area contributed by atoms with E-state index in [1.165, 1.54) is 16.6 Å². The van der Waals surface area contributed by atoms with Crippen LogP contribution in [-0.4, -0.2) is 22.9 Å². The summed E-state index contributed by atoms with van der Waals surface area (Å²) in [4.78, 5) is 0. The zero-order valence-electron chi connectivity index (χ0n) is 8.90. The van der Waals surface area contributed by atoms with Crippen LogP contribution in [0.4, 0.5) is 0 Å². The number of nitrogens with one attached hydrogen (secondary N) is 1. The summed E-state index contributed by atoms with van der Waals surface area (Å²) < 4.78 is 1.98. The Balaban J connectivity index is 2.02. The molecule has 2 aromatic rings. The Labute approximate surface area is 89.1 Å². The number of hydrogen-bond acceptors (Lipinski definition) is 2. The van der Waals surface area contributed by atoms with Gasteiger partial charge in [-0.1, -0.05) is 18.2 Å². The molecule has 3 rings (SSSR count). The Bertz CT molecular complexity index is 483. The maximum atomic E-state index is 4.60. The molecule has 2 heterocycles. The molecule has 0 unspecified atom stereocenters. The summed E-state index contributed by atoms with van der Waals surface area (Å²) in [6.45, 7) is 2.29. The minimum absolute atomic E-state index is 0.781. The summed E-state index contributed by atoms with van der Waals surface area (Å²) in [6.07, 6.45) is 1.11. The SMILES string of the molecule is Cn1nc(CC2CNC2)c2ccccc21. The highest BCUT2D eigenvalue weighted by atomic mass is 15.3. The number of aryl methyl sites for hydroxylation is 1. The van der Waals surface area contributed by atoms with Crippen LogP contribution in [0.5, 0.6) is 0 Å². The van der Waals surface area contributed by atoms with Gasteiger partial charge >= 0.3 is 0 Å². The van der Waals surface area contributed by atoms with Gasteiger partial charge in [0.15, 0.2) is 0 Å². The van der Waals surface area contributed by atoms with Gasteiger partial charge in [-0.05, 0) is 31.5 Å². The zero-order valence-corrected chi connectivity index (χ0v) is 8.90. The van der Waals surface area contributed by atoms with Crippen LogP contribution in [0.2, 0.25) is 0 Å². The predicted molar refractivity (Wildman–Crippen MR) is 60.8 cm³/mol. The standard InChI is InChI=1S/C12H15N3/c1-15-12-5-3-2-4-10(12)11(14-15)6-9-7-13-8-9/h2-5,9,13H,6-8H2,1H3. The second kappa shape index (κ2) is 3.35. The first-order valence-corrected chi connectivity index (χ1v) is 5.46. The van der Waals surface area contributed by atoms with Crippen LogP contribution in [0.15, 0.2) is 24.3 Å². The third-order valence-electron chi connectivity index (χ3n) is 3.18. The summed E-state index contributed by atoms with van der Waals surface area (Å²) in [5, 5.41) is 9.21. The Morgan fingerprint density at radius 1 is 1.40 bits per heavy atom. The lowest BCUT2D eigenvalue weighted by atomic mass is 9.96. The van der Waals surface area contributed by atoms with E-state index >= 15 is 0 Å². The topological polar surface area (TPSA) is 29.9 Å². The highest BCUT2D eigenvalue weighted by Gasteiger charge is 2.19. The van der Waals surface area contributed by atoms with Gasteiger partial charge in [0.1, 0.15) is 0 Å². The molecule has 1 aliphatic rings. The second-order valence-electron chi connectivity index (χ2n) is 4.32. The summed E-state index contributed by atoms with van der Waals surface area (Å²) in [6, 6.07) is 8.46. The molecule has 1 aromatic heterocycles. The number of benzene rings is 1. The van der Waals surface area contributed by atoms with E-state index in [-0.39, 0.29) is 0 Å². The lowest BCUT2D eigenvalue weighted by Crippen LogP contribution is -2.43. The van der Waals surface area contributed by atoms with E-state index in [0.717, 1.165) is 25.4 Å². The van der Waals surface area contributed by atoms with Crippen molar-refractivity contribution in [3.63, 3.8) is 0 Å². The minimum atomic E-state index is 0.781. The molecule has 15 heavy (non-hydrogen) atoms. The van der Waals surface area contributed by atoms with Crippen LogP contribution in [0.1, 0.15) is 5.69 Å². The largest absolute Gasteiger partial charge is 0.316 e. The molecule has 3 heteroatoms. The van der Waals surface area contributed by atoms with Crippen molar-refractivity contribution in [1.29, 1.82) is 0 Å². The lowest BCUT2D eigenvalue weighted by Gasteiger charge is -2.26. The quantitative estimate of drug-likeness (QED) is 0.794. The molecule has 0 aliphatic carbocycles. The van der Waals surface area contributed by atoms with E-state index in [4.69, 9.17) is 0 Å². The van der Waals surface area contributed by atoms with Crippen molar-refractivity contribution in [1.82, 2.24) is 15.1 Å². The first-order valence-electron chi connectivity index (χ1n) is 5.46. The second-order valence-corrected chi connectivity index (χ2v) is 4.32. The normalized spacial score (nSPS) is 16.9. The van der Waals surface area contributed by atoms with Crippen molar-refractivity contribution in [2.75, 3.05) is 13.1 Å². The van der Waals surface area contributed by atoms with Gasteiger partial charge in [0.25, 0.3) is 0 Å². The van der Waals surface area contributed by atoms with Gasteiger partial charge in [0.05, 0.1) is 11.2 Å². The van der Waals surface area contributed by atoms with Crippen LogP contribution < -0.4 is 5.32 Å². The summed E-state index contributed by atoms with van der Waals surface area (Å²) in [5.41, 5.74) is 2.49. The van der Waals surface area contributed by atoms with Crippen LogP contribution in [-0.2, 0) is 13.5 Å². The molecule has 1 fully saturated rings. The van der Waals surface area contributed by atoms with E-state index in [1.54, 1.807) is 0 Å². The highest BCUT2D eigenvalue weighted by Crippen LogP contribution is 2.21. The predicted octanol–water partition coefficient (Wildman–Crippen LogP) is 1.34. The van der Waals surface area contributed by atoms with Crippen molar-refractivity contribution in [2.45, 2.75) is 6.42 Å². The average molecular weight is 201 g/mol. The molecule has 0 radical (unpaired) electrons. The molecule has 0 bridgehead atoms. The van der Waals surface area contributed by atoms with Gasteiger partial charge in [-0.25, -0.2) is 0 Å². The fourth-order valence-corrected chi connectivity index (χ4v) is 2.21. The van der Waals surface area contributed by atoms with E-state index in [0.29, 0.717) is 0 Å². The van der Waals surface area contributed by atoms with Crippen LogP contribution >= 0.6 is 0 Å². The first-order chi connectivity index (χ1) is 7.34. The summed E-state index contributed by atoms with van der Waals surface area (Å²) >= 11 is 0. The Morgan fingerprint density at radius 2 is 2.20 bits per heavy atom. The van der Waals surface area contributed by atoms with Crippen molar-refractivity contribution in [3.05, 3.63) is 30.0 Å². The molecule has 0 atom stereocenters. The van der Waals surface area contributed by atoms with Crippen molar-refractivity contribution >= 4 is 10.9 Å². The van der Waals surface area contributed by atoms with Gasteiger partial charge in [-0.2, -0.15) is 5.10 Å². The molecule has 0 amide bonds. The van der Waals surface area contributed by atoms with Gasteiger partial charge in [0.2, 0.25) is 0 Å². The van der Waals surface area contributed by atoms with Crippen LogP contribution in [0.3, 0.4) is 0 Å². The maximum Gasteiger partial charge on any atom is 0.0707 e. The van der Waals surface area contributed by atoms with Gasteiger partial charge < -0.3 is 5.32 Å². The highest BCUT2D eigenvalue weighted by molar-refractivity contribution is 5.81. The minimum Gasteiger partial charge on any atom is -0.316 e. The van der Waals surface area contributed by atoms with E-state index < -0.39 is 0 Å².